The van der Waals surface area contributed by atoms with E-state index in [1.165, 1.54) is 70.5 Å². The van der Waals surface area contributed by atoms with Gasteiger partial charge in [-0.3, -0.25) is 0 Å². The summed E-state index contributed by atoms with van der Waals surface area (Å²) in [4.78, 5) is 5.40. The standard InChI is InChI=1S/C21H30N2/c1-2-5-18(6-3-1)7-4-10-22-11-13-23(14-12-22)17-21-16-19-8-9-20(21)15-19/h1-3,5-6,8-9,19-21H,4,7,10-17H2. The van der Waals surface area contributed by atoms with Crippen molar-refractivity contribution in [2.45, 2.75) is 25.7 Å². The van der Waals surface area contributed by atoms with Crippen molar-refractivity contribution >= 4 is 0 Å². The molecule has 1 aromatic carbocycles. The molecule has 3 aliphatic rings. The monoisotopic (exact) mass is 310 g/mol. The second-order valence-electron chi connectivity index (χ2n) is 7.77. The summed E-state index contributed by atoms with van der Waals surface area (Å²) in [6.07, 6.45) is 10.4. The number of piperazine rings is 1. The SMILES string of the molecule is C1=CC2CC1CC2CN1CCN(CCCc2ccccc2)CC1. The third-order valence-corrected chi connectivity index (χ3v) is 6.16. The molecule has 1 heterocycles. The van der Waals surface area contributed by atoms with Gasteiger partial charge >= 0.3 is 0 Å². The van der Waals surface area contributed by atoms with Gasteiger partial charge in [0.05, 0.1) is 0 Å². The Labute approximate surface area is 141 Å². The lowest BCUT2D eigenvalue weighted by atomic mass is 9.93. The van der Waals surface area contributed by atoms with Crippen LogP contribution in [0.4, 0.5) is 0 Å². The number of fused-ring (bicyclic) bond motifs is 2. The maximum Gasteiger partial charge on any atom is 0.0110 e. The molecule has 2 fully saturated rings. The minimum atomic E-state index is 0.906. The fourth-order valence-electron chi connectivity index (χ4n) is 4.78. The first-order valence-corrected chi connectivity index (χ1v) is 9.54. The van der Waals surface area contributed by atoms with Crippen molar-refractivity contribution in [3.05, 3.63) is 48.0 Å². The molecule has 1 aromatic rings. The maximum atomic E-state index is 2.73. The molecule has 2 nitrogen and oxygen atoms in total. The smallest absolute Gasteiger partial charge is 0.0110 e. The average molecular weight is 310 g/mol. The predicted octanol–water partition coefficient (Wildman–Crippen LogP) is 3.45. The zero-order valence-electron chi connectivity index (χ0n) is 14.2. The molecule has 0 N–H and O–H groups in total. The van der Waals surface area contributed by atoms with Gasteiger partial charge in [-0.05, 0) is 55.5 Å². The van der Waals surface area contributed by atoms with Crippen LogP contribution in [0.5, 0.6) is 0 Å². The van der Waals surface area contributed by atoms with Crippen LogP contribution in [0.3, 0.4) is 0 Å². The van der Waals surface area contributed by atoms with Crippen LogP contribution in [-0.2, 0) is 6.42 Å². The average Bonchev–Trinajstić information content (AvgIpc) is 3.20. The number of hydrogen-bond acceptors (Lipinski definition) is 2. The highest BCUT2D eigenvalue weighted by Crippen LogP contribution is 2.43. The quantitative estimate of drug-likeness (QED) is 0.743. The molecule has 1 saturated carbocycles. The van der Waals surface area contributed by atoms with E-state index in [0.717, 1.165) is 17.8 Å². The van der Waals surface area contributed by atoms with Crippen LogP contribution in [0.2, 0.25) is 0 Å². The Morgan fingerprint density at radius 3 is 2.35 bits per heavy atom. The van der Waals surface area contributed by atoms with Gasteiger partial charge in [-0.2, -0.15) is 0 Å². The number of rotatable bonds is 6. The van der Waals surface area contributed by atoms with Crippen molar-refractivity contribution in [3.8, 4) is 0 Å². The summed E-state index contributed by atoms with van der Waals surface area (Å²) in [5.74, 6) is 2.78. The highest BCUT2D eigenvalue weighted by atomic mass is 15.3. The van der Waals surface area contributed by atoms with Crippen molar-refractivity contribution in [2.24, 2.45) is 17.8 Å². The van der Waals surface area contributed by atoms with E-state index in [-0.39, 0.29) is 0 Å². The normalized spacial score (nSPS) is 31.0. The van der Waals surface area contributed by atoms with Crippen LogP contribution < -0.4 is 0 Å². The van der Waals surface area contributed by atoms with E-state index in [0.29, 0.717) is 0 Å². The molecule has 0 aromatic heterocycles. The van der Waals surface area contributed by atoms with Crippen molar-refractivity contribution in [2.75, 3.05) is 39.3 Å². The maximum absolute atomic E-state index is 2.73. The lowest BCUT2D eigenvalue weighted by Gasteiger charge is -2.37. The Morgan fingerprint density at radius 1 is 0.870 bits per heavy atom. The first-order chi connectivity index (χ1) is 11.4. The fraction of sp³-hybridized carbons (Fsp3) is 0.619. The molecule has 23 heavy (non-hydrogen) atoms. The largest absolute Gasteiger partial charge is 0.301 e. The van der Waals surface area contributed by atoms with Gasteiger partial charge in [0.1, 0.15) is 0 Å². The molecular weight excluding hydrogens is 280 g/mol. The Kier molecular flexibility index (Phi) is 4.82. The molecule has 0 spiro atoms. The first-order valence-electron chi connectivity index (χ1n) is 9.54. The molecule has 0 radical (unpaired) electrons. The first kappa shape index (κ1) is 15.4. The van der Waals surface area contributed by atoms with Gasteiger partial charge in [-0.25, -0.2) is 0 Å². The highest BCUT2D eigenvalue weighted by Gasteiger charge is 2.36. The number of aryl methyl sites for hydroxylation is 1. The van der Waals surface area contributed by atoms with E-state index in [1.807, 2.05) is 0 Å². The molecule has 124 valence electrons. The molecule has 1 saturated heterocycles. The van der Waals surface area contributed by atoms with Crippen LogP contribution in [-0.4, -0.2) is 49.1 Å². The molecule has 4 rings (SSSR count). The Bertz CT molecular complexity index is 516. The third kappa shape index (κ3) is 3.87. The topological polar surface area (TPSA) is 6.48 Å². The summed E-state index contributed by atoms with van der Waals surface area (Å²) >= 11 is 0. The molecule has 3 atom stereocenters. The molecule has 1 aliphatic heterocycles. The molecule has 3 unspecified atom stereocenters. The van der Waals surface area contributed by atoms with Gasteiger partial charge in [-0.1, -0.05) is 42.5 Å². The summed E-state index contributed by atoms with van der Waals surface area (Å²) in [5.41, 5.74) is 1.48. The van der Waals surface area contributed by atoms with E-state index in [4.69, 9.17) is 0 Å². The minimum absolute atomic E-state index is 0.906. The minimum Gasteiger partial charge on any atom is -0.301 e. The second kappa shape index (κ2) is 7.19. The Morgan fingerprint density at radius 2 is 1.65 bits per heavy atom. The number of benzene rings is 1. The van der Waals surface area contributed by atoms with Crippen LogP contribution >= 0.6 is 0 Å². The van der Waals surface area contributed by atoms with Crippen LogP contribution in [0, 0.1) is 17.8 Å². The lowest BCUT2D eigenvalue weighted by molar-refractivity contribution is 0.112. The van der Waals surface area contributed by atoms with Crippen LogP contribution in [0.1, 0.15) is 24.8 Å². The van der Waals surface area contributed by atoms with E-state index in [2.05, 4.69) is 52.3 Å². The van der Waals surface area contributed by atoms with Gasteiger partial charge in [0.2, 0.25) is 0 Å². The van der Waals surface area contributed by atoms with Gasteiger partial charge in [0.25, 0.3) is 0 Å². The molecule has 2 bridgehead atoms. The Hall–Kier alpha value is -1.12. The van der Waals surface area contributed by atoms with Gasteiger partial charge < -0.3 is 9.80 Å². The van der Waals surface area contributed by atoms with Crippen LogP contribution in [0.15, 0.2) is 42.5 Å². The van der Waals surface area contributed by atoms with E-state index in [1.54, 1.807) is 0 Å². The summed E-state index contributed by atoms with van der Waals surface area (Å²) < 4.78 is 0. The van der Waals surface area contributed by atoms with E-state index in [9.17, 15) is 0 Å². The fourth-order valence-corrected chi connectivity index (χ4v) is 4.78. The van der Waals surface area contributed by atoms with E-state index < -0.39 is 0 Å². The molecular formula is C21H30N2. The molecule has 2 heteroatoms. The lowest BCUT2D eigenvalue weighted by Crippen LogP contribution is -2.48. The zero-order valence-corrected chi connectivity index (χ0v) is 14.2. The second-order valence-corrected chi connectivity index (χ2v) is 7.77. The number of nitrogens with zero attached hydrogens (tertiary/aromatic N) is 2. The van der Waals surface area contributed by atoms with Gasteiger partial charge in [-0.15, -0.1) is 0 Å². The third-order valence-electron chi connectivity index (χ3n) is 6.16. The number of allylic oxidation sites excluding steroid dienone is 2. The summed E-state index contributed by atoms with van der Waals surface area (Å²) in [7, 11) is 0. The highest BCUT2D eigenvalue weighted by molar-refractivity contribution is 5.14. The summed E-state index contributed by atoms with van der Waals surface area (Å²) in [6.45, 7) is 7.71. The number of hydrogen-bond donors (Lipinski definition) is 0. The van der Waals surface area contributed by atoms with Gasteiger partial charge in [0, 0.05) is 32.7 Å². The van der Waals surface area contributed by atoms with Crippen molar-refractivity contribution in [1.82, 2.24) is 9.80 Å². The van der Waals surface area contributed by atoms with E-state index >= 15 is 0 Å². The summed E-state index contributed by atoms with van der Waals surface area (Å²) in [5, 5.41) is 0. The van der Waals surface area contributed by atoms with Crippen LogP contribution in [0.25, 0.3) is 0 Å². The van der Waals surface area contributed by atoms with Gasteiger partial charge in [0.15, 0.2) is 0 Å². The van der Waals surface area contributed by atoms with Crippen molar-refractivity contribution in [3.63, 3.8) is 0 Å². The van der Waals surface area contributed by atoms with Crippen molar-refractivity contribution in [1.29, 1.82) is 0 Å². The molecule has 0 amide bonds. The molecule has 2 aliphatic carbocycles. The summed E-state index contributed by atoms with van der Waals surface area (Å²) in [6, 6.07) is 10.9. The van der Waals surface area contributed by atoms with Crippen molar-refractivity contribution < 1.29 is 0 Å². The Balaban J connectivity index is 1.14. The predicted molar refractivity (Wildman–Crippen MR) is 96.5 cm³/mol. The zero-order chi connectivity index (χ0) is 15.5.